The molecule has 0 fully saturated rings. The van der Waals surface area contributed by atoms with Crippen molar-refractivity contribution in [1.82, 2.24) is 9.78 Å². The van der Waals surface area contributed by atoms with E-state index >= 15 is 0 Å². The van der Waals surface area contributed by atoms with Crippen LogP contribution in [0.25, 0.3) is 16.9 Å². The molecule has 6 heteroatoms. The summed E-state index contributed by atoms with van der Waals surface area (Å²) in [5.74, 6) is 0.648. The summed E-state index contributed by atoms with van der Waals surface area (Å²) in [6, 6.07) is 11.8. The molecule has 1 aromatic heterocycles. The summed E-state index contributed by atoms with van der Waals surface area (Å²) < 4.78 is 14.9. The minimum absolute atomic E-state index is 0.263. The fourth-order valence-electron chi connectivity index (χ4n) is 2.84. The van der Waals surface area contributed by atoms with E-state index in [-0.39, 0.29) is 5.82 Å². The first-order valence-corrected chi connectivity index (χ1v) is 7.97. The van der Waals surface area contributed by atoms with Crippen LogP contribution in [0.1, 0.15) is 5.56 Å². The second kappa shape index (κ2) is 5.55. The Kier molecular flexibility index (Phi) is 3.51. The van der Waals surface area contributed by atoms with E-state index in [0.29, 0.717) is 10.0 Å². The van der Waals surface area contributed by atoms with E-state index in [1.807, 2.05) is 12.1 Å². The van der Waals surface area contributed by atoms with Crippen LogP contribution in [0.3, 0.4) is 0 Å². The van der Waals surface area contributed by atoms with Crippen molar-refractivity contribution < 1.29 is 4.39 Å². The minimum atomic E-state index is -0.263. The van der Waals surface area contributed by atoms with Gasteiger partial charge < -0.3 is 5.32 Å². The molecule has 0 amide bonds. The van der Waals surface area contributed by atoms with Crippen molar-refractivity contribution in [3.8, 4) is 16.9 Å². The summed E-state index contributed by atoms with van der Waals surface area (Å²) in [6.45, 7) is 0.833. The van der Waals surface area contributed by atoms with Gasteiger partial charge in [-0.3, -0.25) is 0 Å². The Morgan fingerprint density at radius 1 is 1.09 bits per heavy atom. The summed E-state index contributed by atoms with van der Waals surface area (Å²) >= 11 is 12.5. The van der Waals surface area contributed by atoms with E-state index in [9.17, 15) is 4.39 Å². The fraction of sp³-hybridized carbons (Fsp3) is 0.118. The van der Waals surface area contributed by atoms with E-state index in [4.69, 9.17) is 28.3 Å². The third-order valence-corrected chi connectivity index (χ3v) is 4.74. The molecule has 0 saturated carbocycles. The lowest BCUT2D eigenvalue weighted by atomic mass is 10.1. The predicted octanol–water partition coefficient (Wildman–Crippen LogP) is 4.95. The number of fused-ring (bicyclic) bond motifs is 1. The summed E-state index contributed by atoms with van der Waals surface area (Å²) in [5, 5.41) is 8.97. The molecule has 0 atom stereocenters. The average Bonchev–Trinajstić information content (AvgIpc) is 3.14. The SMILES string of the molecule is Fc1ccc(-c2nn(-c3cccc(Cl)c3Cl)c3c2CCN3)cc1. The standard InChI is InChI=1S/C17H12Cl2FN3/c18-13-2-1-3-14(15(13)19)23-17-12(8-9-21-17)16(22-23)10-4-6-11(20)7-5-10/h1-7,21H,8-9H2. The summed E-state index contributed by atoms with van der Waals surface area (Å²) in [5.41, 5.74) is 3.54. The Morgan fingerprint density at radius 3 is 2.65 bits per heavy atom. The molecule has 0 spiro atoms. The first-order valence-electron chi connectivity index (χ1n) is 7.21. The smallest absolute Gasteiger partial charge is 0.133 e. The van der Waals surface area contributed by atoms with Gasteiger partial charge in [0.2, 0.25) is 0 Å². The molecule has 3 nitrogen and oxygen atoms in total. The average molecular weight is 348 g/mol. The molecule has 0 aliphatic carbocycles. The van der Waals surface area contributed by atoms with Crippen LogP contribution in [-0.4, -0.2) is 16.3 Å². The Labute approximate surface area is 142 Å². The van der Waals surface area contributed by atoms with Crippen molar-refractivity contribution in [3.05, 3.63) is 63.9 Å². The Bertz CT molecular complexity index is 888. The molecular formula is C17H12Cl2FN3. The lowest BCUT2D eigenvalue weighted by Gasteiger charge is -2.09. The van der Waals surface area contributed by atoms with Crippen molar-refractivity contribution in [2.45, 2.75) is 6.42 Å². The maximum absolute atomic E-state index is 13.2. The van der Waals surface area contributed by atoms with E-state index in [1.165, 1.54) is 12.1 Å². The molecule has 0 bridgehead atoms. The van der Waals surface area contributed by atoms with Crippen LogP contribution < -0.4 is 5.32 Å². The highest BCUT2D eigenvalue weighted by atomic mass is 35.5. The third-order valence-electron chi connectivity index (χ3n) is 3.93. The second-order valence-corrected chi connectivity index (χ2v) is 6.13. The number of halogens is 3. The summed E-state index contributed by atoms with van der Waals surface area (Å²) in [4.78, 5) is 0. The van der Waals surface area contributed by atoms with Gasteiger partial charge in [-0.2, -0.15) is 5.10 Å². The largest absolute Gasteiger partial charge is 0.369 e. The molecule has 23 heavy (non-hydrogen) atoms. The zero-order valence-electron chi connectivity index (χ0n) is 12.0. The van der Waals surface area contributed by atoms with E-state index in [1.54, 1.807) is 22.9 Å². The Hall–Kier alpha value is -2.04. The molecule has 1 N–H and O–H groups in total. The van der Waals surface area contributed by atoms with Crippen LogP contribution in [0.15, 0.2) is 42.5 Å². The van der Waals surface area contributed by atoms with Crippen molar-refractivity contribution in [1.29, 1.82) is 0 Å². The quantitative estimate of drug-likeness (QED) is 0.710. The molecule has 116 valence electrons. The zero-order valence-corrected chi connectivity index (χ0v) is 13.5. The maximum atomic E-state index is 13.2. The molecule has 1 aliphatic rings. The lowest BCUT2D eigenvalue weighted by molar-refractivity contribution is 0.628. The Balaban J connectivity index is 1.91. The molecule has 4 rings (SSSR count). The van der Waals surface area contributed by atoms with Gasteiger partial charge in [-0.15, -0.1) is 0 Å². The van der Waals surface area contributed by atoms with Gasteiger partial charge in [0, 0.05) is 17.7 Å². The summed E-state index contributed by atoms with van der Waals surface area (Å²) in [6.07, 6.45) is 0.861. The number of benzene rings is 2. The lowest BCUT2D eigenvalue weighted by Crippen LogP contribution is -2.05. The molecular weight excluding hydrogens is 336 g/mol. The monoisotopic (exact) mass is 347 g/mol. The topological polar surface area (TPSA) is 29.9 Å². The van der Waals surface area contributed by atoms with Gasteiger partial charge in [-0.25, -0.2) is 9.07 Å². The van der Waals surface area contributed by atoms with Gasteiger partial charge in [0.05, 0.1) is 21.4 Å². The van der Waals surface area contributed by atoms with Crippen LogP contribution in [0.4, 0.5) is 10.2 Å². The van der Waals surface area contributed by atoms with Crippen LogP contribution in [0.5, 0.6) is 0 Å². The van der Waals surface area contributed by atoms with E-state index < -0.39 is 0 Å². The number of nitrogens with zero attached hydrogens (tertiary/aromatic N) is 2. The van der Waals surface area contributed by atoms with Crippen LogP contribution in [0, 0.1) is 5.82 Å². The predicted molar refractivity (Wildman–Crippen MR) is 91.2 cm³/mol. The number of nitrogens with one attached hydrogen (secondary N) is 1. The summed E-state index contributed by atoms with van der Waals surface area (Å²) in [7, 11) is 0. The number of anilines is 1. The number of rotatable bonds is 2. The number of aromatic nitrogens is 2. The van der Waals surface area contributed by atoms with Gasteiger partial charge in [-0.05, 0) is 42.8 Å². The molecule has 0 radical (unpaired) electrons. The molecule has 2 aromatic carbocycles. The van der Waals surface area contributed by atoms with Crippen LogP contribution in [-0.2, 0) is 6.42 Å². The Morgan fingerprint density at radius 2 is 1.87 bits per heavy atom. The van der Waals surface area contributed by atoms with Gasteiger partial charge in [-0.1, -0.05) is 29.3 Å². The minimum Gasteiger partial charge on any atom is -0.369 e. The third kappa shape index (κ3) is 2.38. The van der Waals surface area contributed by atoms with Crippen molar-refractivity contribution >= 4 is 29.0 Å². The maximum Gasteiger partial charge on any atom is 0.133 e. The van der Waals surface area contributed by atoms with Crippen LogP contribution >= 0.6 is 23.2 Å². The highest BCUT2D eigenvalue weighted by Gasteiger charge is 2.25. The van der Waals surface area contributed by atoms with Crippen molar-refractivity contribution in [2.75, 3.05) is 11.9 Å². The fourth-order valence-corrected chi connectivity index (χ4v) is 3.22. The number of hydrogen-bond donors (Lipinski definition) is 1. The van der Waals surface area contributed by atoms with Gasteiger partial charge in [0.1, 0.15) is 11.6 Å². The molecule has 2 heterocycles. The van der Waals surface area contributed by atoms with Gasteiger partial charge >= 0.3 is 0 Å². The first-order chi connectivity index (χ1) is 11.1. The van der Waals surface area contributed by atoms with E-state index in [0.717, 1.165) is 41.3 Å². The molecule has 1 aliphatic heterocycles. The second-order valence-electron chi connectivity index (χ2n) is 5.34. The molecule has 3 aromatic rings. The molecule has 0 saturated heterocycles. The molecule has 0 unspecified atom stereocenters. The van der Waals surface area contributed by atoms with Gasteiger partial charge in [0.15, 0.2) is 0 Å². The highest BCUT2D eigenvalue weighted by Crippen LogP contribution is 2.37. The highest BCUT2D eigenvalue weighted by molar-refractivity contribution is 6.43. The van der Waals surface area contributed by atoms with Crippen molar-refractivity contribution in [2.24, 2.45) is 0 Å². The number of hydrogen-bond acceptors (Lipinski definition) is 2. The van der Waals surface area contributed by atoms with Crippen LogP contribution in [0.2, 0.25) is 10.0 Å². The first kappa shape index (κ1) is 14.5. The van der Waals surface area contributed by atoms with Crippen molar-refractivity contribution in [3.63, 3.8) is 0 Å². The zero-order chi connectivity index (χ0) is 16.0. The normalized spacial score (nSPS) is 13.0. The van der Waals surface area contributed by atoms with E-state index in [2.05, 4.69) is 5.32 Å². The van der Waals surface area contributed by atoms with Gasteiger partial charge in [0.25, 0.3) is 0 Å².